The van der Waals surface area contributed by atoms with E-state index in [9.17, 15) is 14.4 Å². The summed E-state index contributed by atoms with van der Waals surface area (Å²) in [4.78, 5) is 34.7. The van der Waals surface area contributed by atoms with E-state index in [4.69, 9.17) is 5.11 Å². The molecule has 0 unspecified atom stereocenters. The molecule has 1 N–H and O–H groups in total. The zero-order valence-electron chi connectivity index (χ0n) is 14.5. The van der Waals surface area contributed by atoms with Crippen LogP contribution in [0.4, 0.5) is 0 Å². The SMILES string of the molecule is CC1=C(C)C(=O)C(CCCCCCCCCC(=O)O)=C(C)C1=O. The van der Waals surface area contributed by atoms with E-state index in [0.29, 0.717) is 28.7 Å². The van der Waals surface area contributed by atoms with Gasteiger partial charge in [0.2, 0.25) is 0 Å². The maximum Gasteiger partial charge on any atom is 0.303 e. The Labute approximate surface area is 138 Å². The van der Waals surface area contributed by atoms with Crippen LogP contribution in [0.5, 0.6) is 0 Å². The van der Waals surface area contributed by atoms with Crippen molar-refractivity contribution in [3.63, 3.8) is 0 Å². The lowest BCUT2D eigenvalue weighted by Crippen LogP contribution is -2.20. The Hall–Kier alpha value is -1.71. The van der Waals surface area contributed by atoms with Gasteiger partial charge in [0.05, 0.1) is 0 Å². The maximum absolute atomic E-state index is 12.3. The monoisotopic (exact) mass is 320 g/mol. The Morgan fingerprint density at radius 3 is 1.78 bits per heavy atom. The summed E-state index contributed by atoms with van der Waals surface area (Å²) >= 11 is 0. The molecule has 4 nitrogen and oxygen atoms in total. The van der Waals surface area contributed by atoms with Crippen LogP contribution in [-0.4, -0.2) is 22.6 Å². The number of aliphatic carboxylic acids is 1. The standard InChI is InChI=1S/C19H28O4/c1-13-14(2)19(23)16(15(3)18(13)22)11-9-7-5-4-6-8-10-12-17(20)21/h4-12H2,1-3H3,(H,20,21). The number of allylic oxidation sites excluding steroid dienone is 4. The molecular weight excluding hydrogens is 292 g/mol. The van der Waals surface area contributed by atoms with E-state index in [0.717, 1.165) is 44.9 Å². The molecular formula is C19H28O4. The Balaban J connectivity index is 2.25. The molecule has 0 spiro atoms. The number of Topliss-reactive ketones (excluding diaryl/α,β-unsaturated/α-hetero) is 2. The highest BCUT2D eigenvalue weighted by Crippen LogP contribution is 2.27. The molecule has 0 bridgehead atoms. The number of rotatable bonds is 10. The summed E-state index contributed by atoms with van der Waals surface area (Å²) in [5.74, 6) is -0.677. The molecule has 0 radical (unpaired) electrons. The molecule has 4 heteroatoms. The first-order valence-electron chi connectivity index (χ1n) is 8.54. The topological polar surface area (TPSA) is 71.4 Å². The van der Waals surface area contributed by atoms with E-state index >= 15 is 0 Å². The normalized spacial score (nSPS) is 15.6. The van der Waals surface area contributed by atoms with E-state index in [1.807, 2.05) is 0 Å². The van der Waals surface area contributed by atoms with Gasteiger partial charge in [-0.1, -0.05) is 32.1 Å². The van der Waals surface area contributed by atoms with Gasteiger partial charge in [-0.05, 0) is 40.0 Å². The molecule has 0 saturated heterocycles. The van der Waals surface area contributed by atoms with Gasteiger partial charge in [-0.3, -0.25) is 14.4 Å². The largest absolute Gasteiger partial charge is 0.481 e. The highest BCUT2D eigenvalue weighted by atomic mass is 16.4. The minimum atomic E-state index is -0.722. The minimum absolute atomic E-state index is 0.00975. The third kappa shape index (κ3) is 5.77. The van der Waals surface area contributed by atoms with Crippen molar-refractivity contribution in [2.24, 2.45) is 0 Å². The molecule has 0 heterocycles. The molecule has 0 saturated carbocycles. The van der Waals surface area contributed by atoms with Crippen LogP contribution in [0.2, 0.25) is 0 Å². The van der Waals surface area contributed by atoms with Crippen molar-refractivity contribution < 1.29 is 19.5 Å². The molecule has 0 atom stereocenters. The number of carbonyl (C=O) groups is 3. The lowest BCUT2D eigenvalue weighted by molar-refractivity contribution is -0.137. The smallest absolute Gasteiger partial charge is 0.303 e. The van der Waals surface area contributed by atoms with E-state index in [1.54, 1.807) is 20.8 Å². The van der Waals surface area contributed by atoms with Crippen molar-refractivity contribution in [1.29, 1.82) is 0 Å². The number of unbranched alkanes of at least 4 members (excludes halogenated alkanes) is 6. The average Bonchev–Trinajstić information content (AvgIpc) is 2.52. The van der Waals surface area contributed by atoms with Crippen LogP contribution in [0.15, 0.2) is 22.3 Å². The average molecular weight is 320 g/mol. The van der Waals surface area contributed by atoms with Crippen LogP contribution in [0, 0.1) is 0 Å². The fourth-order valence-electron chi connectivity index (χ4n) is 2.92. The van der Waals surface area contributed by atoms with Crippen molar-refractivity contribution in [1.82, 2.24) is 0 Å². The minimum Gasteiger partial charge on any atom is -0.481 e. The Bertz CT molecular complexity index is 538. The highest BCUT2D eigenvalue weighted by Gasteiger charge is 2.26. The first-order chi connectivity index (χ1) is 10.9. The zero-order valence-corrected chi connectivity index (χ0v) is 14.5. The maximum atomic E-state index is 12.3. The quantitative estimate of drug-likeness (QED) is 0.479. The molecule has 0 aromatic carbocycles. The number of carbonyl (C=O) groups excluding carboxylic acids is 2. The van der Waals surface area contributed by atoms with E-state index in [2.05, 4.69) is 0 Å². The van der Waals surface area contributed by atoms with Gasteiger partial charge in [0.1, 0.15) is 0 Å². The van der Waals surface area contributed by atoms with Crippen molar-refractivity contribution in [2.45, 2.75) is 78.6 Å². The van der Waals surface area contributed by atoms with Crippen LogP contribution >= 0.6 is 0 Å². The van der Waals surface area contributed by atoms with Crippen molar-refractivity contribution in [3.8, 4) is 0 Å². The Morgan fingerprint density at radius 2 is 1.22 bits per heavy atom. The van der Waals surface area contributed by atoms with Crippen molar-refractivity contribution in [2.75, 3.05) is 0 Å². The van der Waals surface area contributed by atoms with Gasteiger partial charge in [-0.15, -0.1) is 0 Å². The van der Waals surface area contributed by atoms with Crippen LogP contribution in [0.25, 0.3) is 0 Å². The first kappa shape index (κ1) is 19.3. The van der Waals surface area contributed by atoms with Crippen molar-refractivity contribution >= 4 is 17.5 Å². The molecule has 23 heavy (non-hydrogen) atoms. The number of ketones is 2. The van der Waals surface area contributed by atoms with E-state index in [-0.39, 0.29) is 18.0 Å². The fraction of sp³-hybridized carbons (Fsp3) is 0.632. The lowest BCUT2D eigenvalue weighted by atomic mass is 9.84. The lowest BCUT2D eigenvalue weighted by Gasteiger charge is -2.18. The predicted molar refractivity (Wildman–Crippen MR) is 90.3 cm³/mol. The zero-order chi connectivity index (χ0) is 17.4. The molecule has 0 aliphatic heterocycles. The van der Waals surface area contributed by atoms with Gasteiger partial charge in [0, 0.05) is 28.7 Å². The van der Waals surface area contributed by atoms with E-state index in [1.165, 1.54) is 0 Å². The second-order valence-corrected chi connectivity index (χ2v) is 6.38. The third-order valence-electron chi connectivity index (χ3n) is 4.63. The second-order valence-electron chi connectivity index (χ2n) is 6.38. The highest BCUT2D eigenvalue weighted by molar-refractivity contribution is 6.24. The molecule has 0 amide bonds. The van der Waals surface area contributed by atoms with Gasteiger partial charge in [0.25, 0.3) is 0 Å². The number of hydrogen-bond donors (Lipinski definition) is 1. The van der Waals surface area contributed by atoms with Gasteiger partial charge in [0.15, 0.2) is 11.6 Å². The summed E-state index contributed by atoms with van der Waals surface area (Å²) in [5.41, 5.74) is 2.48. The molecule has 0 aromatic rings. The Kier molecular flexibility index (Phi) is 7.93. The molecule has 1 aliphatic rings. The van der Waals surface area contributed by atoms with Crippen LogP contribution < -0.4 is 0 Å². The van der Waals surface area contributed by atoms with Crippen LogP contribution in [0.1, 0.15) is 78.6 Å². The summed E-state index contributed by atoms with van der Waals surface area (Å²) in [6.07, 6.45) is 7.88. The van der Waals surface area contributed by atoms with Gasteiger partial charge < -0.3 is 5.11 Å². The summed E-state index contributed by atoms with van der Waals surface area (Å²) in [6, 6.07) is 0. The third-order valence-corrected chi connectivity index (χ3v) is 4.63. The van der Waals surface area contributed by atoms with Gasteiger partial charge >= 0.3 is 5.97 Å². The molecule has 128 valence electrons. The number of carboxylic acids is 1. The van der Waals surface area contributed by atoms with E-state index < -0.39 is 5.97 Å². The molecule has 0 aromatic heterocycles. The summed E-state index contributed by atoms with van der Waals surface area (Å²) in [5, 5.41) is 8.55. The van der Waals surface area contributed by atoms with Gasteiger partial charge in [-0.25, -0.2) is 0 Å². The summed E-state index contributed by atoms with van der Waals surface area (Å²) < 4.78 is 0. The fourth-order valence-corrected chi connectivity index (χ4v) is 2.92. The molecule has 1 rings (SSSR count). The van der Waals surface area contributed by atoms with Crippen molar-refractivity contribution in [3.05, 3.63) is 22.3 Å². The molecule has 1 aliphatic carbocycles. The van der Waals surface area contributed by atoms with Crippen LogP contribution in [-0.2, 0) is 14.4 Å². The Morgan fingerprint density at radius 1 is 0.739 bits per heavy atom. The second kappa shape index (κ2) is 9.43. The van der Waals surface area contributed by atoms with Crippen LogP contribution in [0.3, 0.4) is 0 Å². The number of carboxylic acid groups (broad SMARTS) is 1. The number of hydrogen-bond acceptors (Lipinski definition) is 3. The summed E-state index contributed by atoms with van der Waals surface area (Å²) in [7, 11) is 0. The predicted octanol–water partition coefficient (Wildman–Crippen LogP) is 4.39. The van der Waals surface area contributed by atoms with Gasteiger partial charge in [-0.2, -0.15) is 0 Å². The molecule has 0 fully saturated rings. The summed E-state index contributed by atoms with van der Waals surface area (Å²) in [6.45, 7) is 5.22. The first-order valence-corrected chi connectivity index (χ1v) is 8.54.